The third-order valence-electron chi connectivity index (χ3n) is 5.62. The number of halogens is 2. The molecule has 0 spiro atoms. The first-order chi connectivity index (χ1) is 15.2. The molecule has 31 heavy (non-hydrogen) atoms. The van der Waals surface area contributed by atoms with E-state index in [0.717, 1.165) is 28.8 Å². The molecule has 164 valence electrons. The summed E-state index contributed by atoms with van der Waals surface area (Å²) in [4.78, 5) is 4.67. The Morgan fingerprint density at radius 3 is 2.68 bits per heavy atom. The monoisotopic (exact) mass is 459 g/mol. The molecule has 7 heteroatoms. The molecule has 0 aliphatic heterocycles. The summed E-state index contributed by atoms with van der Waals surface area (Å²) in [5, 5.41) is 5.20. The van der Waals surface area contributed by atoms with E-state index in [1.165, 1.54) is 44.2 Å². The van der Waals surface area contributed by atoms with Crippen LogP contribution in [-0.4, -0.2) is 35.0 Å². The van der Waals surface area contributed by atoms with Gasteiger partial charge in [0.05, 0.1) is 19.0 Å². The van der Waals surface area contributed by atoms with Gasteiger partial charge < -0.3 is 10.1 Å². The summed E-state index contributed by atoms with van der Waals surface area (Å²) < 4.78 is 21.6. The van der Waals surface area contributed by atoms with Gasteiger partial charge in [0, 0.05) is 34.6 Å². The second kappa shape index (κ2) is 10.5. The van der Waals surface area contributed by atoms with Crippen LogP contribution in [0.25, 0.3) is 16.9 Å². The van der Waals surface area contributed by atoms with Crippen LogP contribution < -0.4 is 10.1 Å². The van der Waals surface area contributed by atoms with Gasteiger partial charge in [0.15, 0.2) is 5.16 Å². The fourth-order valence-corrected chi connectivity index (χ4v) is 5.05. The molecule has 0 atom stereocenters. The lowest BCUT2D eigenvalue weighted by Gasteiger charge is -2.22. The maximum absolute atomic E-state index is 14.1. The van der Waals surface area contributed by atoms with Crippen molar-refractivity contribution in [2.24, 2.45) is 0 Å². The Balaban J connectivity index is 1.60. The van der Waals surface area contributed by atoms with E-state index in [9.17, 15) is 4.39 Å². The Labute approximate surface area is 192 Å². The number of benzene rings is 2. The van der Waals surface area contributed by atoms with E-state index in [2.05, 4.69) is 10.3 Å². The van der Waals surface area contributed by atoms with E-state index in [4.69, 9.17) is 16.3 Å². The van der Waals surface area contributed by atoms with Crippen LogP contribution >= 0.6 is 23.4 Å². The lowest BCUT2D eigenvalue weighted by molar-refractivity contribution is 0.381. The average molecular weight is 460 g/mol. The van der Waals surface area contributed by atoms with Crippen LogP contribution in [0.4, 0.5) is 4.39 Å². The second-order valence-corrected chi connectivity index (χ2v) is 9.22. The number of nitrogens with zero attached hydrogens (tertiary/aromatic N) is 2. The molecule has 1 heterocycles. The molecule has 0 radical (unpaired) electrons. The fraction of sp³-hybridized carbons (Fsp3) is 0.375. The number of rotatable bonds is 8. The highest BCUT2D eigenvalue weighted by Gasteiger charge is 2.18. The number of thioether (sulfide) groups is 1. The van der Waals surface area contributed by atoms with Crippen LogP contribution in [-0.2, 0) is 0 Å². The third kappa shape index (κ3) is 5.43. The molecule has 1 fully saturated rings. The van der Waals surface area contributed by atoms with Gasteiger partial charge in [-0.15, -0.1) is 0 Å². The first-order valence-corrected chi connectivity index (χ1v) is 12.1. The summed E-state index contributed by atoms with van der Waals surface area (Å²) in [6.07, 6.45) is 8.33. The van der Waals surface area contributed by atoms with E-state index >= 15 is 0 Å². The zero-order valence-corrected chi connectivity index (χ0v) is 19.2. The van der Waals surface area contributed by atoms with Crippen LogP contribution in [0, 0.1) is 5.82 Å². The molecule has 1 aliphatic rings. The van der Waals surface area contributed by atoms with Crippen LogP contribution in [0.3, 0.4) is 0 Å². The summed E-state index contributed by atoms with van der Waals surface area (Å²) in [6.45, 7) is 0.932. The average Bonchev–Trinajstić information content (AvgIpc) is 3.21. The van der Waals surface area contributed by atoms with Crippen molar-refractivity contribution in [1.82, 2.24) is 14.9 Å². The largest absolute Gasteiger partial charge is 0.496 e. The summed E-state index contributed by atoms with van der Waals surface area (Å²) in [7, 11) is 1.59. The second-order valence-electron chi connectivity index (χ2n) is 7.72. The van der Waals surface area contributed by atoms with Gasteiger partial charge in [-0.25, -0.2) is 9.37 Å². The summed E-state index contributed by atoms with van der Waals surface area (Å²) >= 11 is 7.80. The Morgan fingerprint density at radius 1 is 1.16 bits per heavy atom. The Hall–Kier alpha value is -2.02. The van der Waals surface area contributed by atoms with E-state index in [-0.39, 0.29) is 5.82 Å². The van der Waals surface area contributed by atoms with Gasteiger partial charge in [-0.2, -0.15) is 0 Å². The summed E-state index contributed by atoms with van der Waals surface area (Å²) in [5.41, 5.74) is 2.37. The van der Waals surface area contributed by atoms with Gasteiger partial charge in [-0.1, -0.05) is 42.6 Å². The van der Waals surface area contributed by atoms with Gasteiger partial charge in [0.2, 0.25) is 0 Å². The van der Waals surface area contributed by atoms with Crippen LogP contribution in [0.2, 0.25) is 5.02 Å². The summed E-state index contributed by atoms with van der Waals surface area (Å²) in [5.74, 6) is 1.19. The molecule has 3 aromatic rings. The third-order valence-corrected chi connectivity index (χ3v) is 6.83. The van der Waals surface area contributed by atoms with Gasteiger partial charge >= 0.3 is 0 Å². The van der Waals surface area contributed by atoms with Crippen molar-refractivity contribution in [3.63, 3.8) is 0 Å². The molecule has 0 bridgehead atoms. The maximum atomic E-state index is 14.1. The number of methoxy groups -OCH3 is 1. The number of hydrogen-bond donors (Lipinski definition) is 1. The number of nitrogens with one attached hydrogen (secondary N) is 1. The molecule has 1 aromatic heterocycles. The molecule has 4 nitrogen and oxygen atoms in total. The number of imidazole rings is 1. The SMILES string of the molecule is COc1ccc(F)cc1-c1cnc(SCCNC2CCCCC2)n1-c1ccc(Cl)cc1. The van der Waals surface area contributed by atoms with Gasteiger partial charge in [-0.3, -0.25) is 4.57 Å². The lowest BCUT2D eigenvalue weighted by atomic mass is 9.96. The minimum absolute atomic E-state index is 0.314. The van der Waals surface area contributed by atoms with Gasteiger partial charge in [-0.05, 0) is 55.3 Å². The predicted octanol–water partition coefficient (Wildman–Crippen LogP) is 6.35. The van der Waals surface area contributed by atoms with E-state index < -0.39 is 0 Å². The molecule has 1 saturated carbocycles. The molecule has 0 unspecified atom stereocenters. The minimum atomic E-state index is -0.314. The number of ether oxygens (including phenoxy) is 1. The van der Waals surface area contributed by atoms with E-state index in [0.29, 0.717) is 22.4 Å². The highest BCUT2D eigenvalue weighted by atomic mass is 35.5. The van der Waals surface area contributed by atoms with Gasteiger partial charge in [0.1, 0.15) is 11.6 Å². The van der Waals surface area contributed by atoms with Crippen LogP contribution in [0.5, 0.6) is 5.75 Å². The summed E-state index contributed by atoms with van der Waals surface area (Å²) in [6, 6.07) is 12.8. The lowest BCUT2D eigenvalue weighted by Crippen LogP contribution is -2.32. The topological polar surface area (TPSA) is 39.1 Å². The van der Waals surface area contributed by atoms with Crippen molar-refractivity contribution in [2.75, 3.05) is 19.4 Å². The first-order valence-electron chi connectivity index (χ1n) is 10.7. The normalized spacial score (nSPS) is 14.7. The maximum Gasteiger partial charge on any atom is 0.173 e. The Morgan fingerprint density at radius 2 is 1.94 bits per heavy atom. The van der Waals surface area contributed by atoms with Crippen molar-refractivity contribution >= 4 is 23.4 Å². The van der Waals surface area contributed by atoms with Crippen molar-refractivity contribution < 1.29 is 9.13 Å². The van der Waals surface area contributed by atoms with Crippen molar-refractivity contribution in [3.8, 4) is 22.7 Å². The smallest absolute Gasteiger partial charge is 0.173 e. The standard InChI is InChI=1S/C24H27ClFN3OS/c1-30-23-12-9-18(26)15-21(23)22-16-28-24(29(22)20-10-7-17(25)8-11-20)31-14-13-27-19-5-3-2-4-6-19/h7-12,15-16,19,27H,2-6,13-14H2,1H3. The molecule has 0 saturated heterocycles. The molecular weight excluding hydrogens is 433 g/mol. The number of aromatic nitrogens is 2. The molecular formula is C24H27ClFN3OS. The Kier molecular flexibility index (Phi) is 7.54. The minimum Gasteiger partial charge on any atom is -0.496 e. The zero-order valence-electron chi connectivity index (χ0n) is 17.6. The molecule has 1 aliphatic carbocycles. The molecule has 0 amide bonds. The van der Waals surface area contributed by atoms with E-state index in [1.54, 1.807) is 31.1 Å². The van der Waals surface area contributed by atoms with Gasteiger partial charge in [0.25, 0.3) is 0 Å². The van der Waals surface area contributed by atoms with E-state index in [1.807, 2.05) is 28.8 Å². The highest BCUT2D eigenvalue weighted by Crippen LogP contribution is 2.35. The molecule has 1 N–H and O–H groups in total. The zero-order chi connectivity index (χ0) is 21.6. The van der Waals surface area contributed by atoms with Crippen molar-refractivity contribution in [1.29, 1.82) is 0 Å². The molecule has 4 rings (SSSR count). The first kappa shape index (κ1) is 22.2. The fourth-order valence-electron chi connectivity index (χ4n) is 4.06. The number of hydrogen-bond acceptors (Lipinski definition) is 4. The molecule has 2 aromatic carbocycles. The van der Waals surface area contributed by atoms with Crippen LogP contribution in [0.15, 0.2) is 53.8 Å². The predicted molar refractivity (Wildman–Crippen MR) is 126 cm³/mol. The highest BCUT2D eigenvalue weighted by molar-refractivity contribution is 7.99. The quantitative estimate of drug-likeness (QED) is 0.314. The van der Waals surface area contributed by atoms with Crippen LogP contribution in [0.1, 0.15) is 32.1 Å². The Bertz CT molecular complexity index is 1000. The van der Waals surface area contributed by atoms with Crippen molar-refractivity contribution in [2.45, 2.75) is 43.3 Å². The van der Waals surface area contributed by atoms with Crippen molar-refractivity contribution in [3.05, 3.63) is 59.5 Å².